The maximum atomic E-state index is 12.5. The summed E-state index contributed by atoms with van der Waals surface area (Å²) in [5.74, 6) is -0.111. The van der Waals surface area contributed by atoms with Crippen molar-refractivity contribution in [1.29, 1.82) is 0 Å². The molecule has 0 aromatic carbocycles. The van der Waals surface area contributed by atoms with Gasteiger partial charge in [0.05, 0.1) is 0 Å². The molecule has 7 heteroatoms. The number of nitrogens with one attached hydrogen (secondary N) is 3. The van der Waals surface area contributed by atoms with Crippen molar-refractivity contribution < 1.29 is 14.4 Å². The molecule has 0 radical (unpaired) electrons. The van der Waals surface area contributed by atoms with Gasteiger partial charge in [-0.3, -0.25) is 14.4 Å². The molecule has 0 heterocycles. The fourth-order valence-electron chi connectivity index (χ4n) is 4.84. The zero-order valence-electron chi connectivity index (χ0n) is 25.8. The molecule has 0 spiro atoms. The minimum Gasteiger partial charge on any atom is -0.356 e. The first-order valence-corrected chi connectivity index (χ1v) is 16.6. The zero-order chi connectivity index (χ0) is 28.8. The van der Waals surface area contributed by atoms with Crippen molar-refractivity contribution in [3.8, 4) is 0 Å². The monoisotopic (exact) mass is 552 g/mol. The Morgan fingerprint density at radius 1 is 0.538 bits per heavy atom. The van der Waals surface area contributed by atoms with Crippen LogP contribution in [0, 0.1) is 0 Å². The smallest absolute Gasteiger partial charge is 0.242 e. The molecule has 0 aromatic rings. The van der Waals surface area contributed by atoms with Gasteiger partial charge in [-0.05, 0) is 32.1 Å². The van der Waals surface area contributed by atoms with Gasteiger partial charge in [-0.15, -0.1) is 0 Å². The SMILES string of the molecule is CCCCCCCCCCCC(=O)NCCCCC(NC(=O)CCCCCCCCCCC)C(=O)NCCN. The second kappa shape index (κ2) is 29.4. The van der Waals surface area contributed by atoms with Gasteiger partial charge < -0.3 is 21.7 Å². The van der Waals surface area contributed by atoms with E-state index in [1.807, 2.05) is 0 Å². The van der Waals surface area contributed by atoms with Gasteiger partial charge in [0.25, 0.3) is 0 Å². The van der Waals surface area contributed by atoms with Gasteiger partial charge in [0.2, 0.25) is 17.7 Å². The molecule has 0 aromatic heterocycles. The molecule has 0 bridgehead atoms. The molecule has 230 valence electrons. The topological polar surface area (TPSA) is 113 Å². The highest BCUT2D eigenvalue weighted by Gasteiger charge is 2.19. The van der Waals surface area contributed by atoms with Crippen LogP contribution in [0.1, 0.15) is 162 Å². The zero-order valence-corrected chi connectivity index (χ0v) is 25.8. The van der Waals surface area contributed by atoms with E-state index >= 15 is 0 Å². The standard InChI is InChI=1S/C32H64N4O3/c1-3-5-7-9-11-13-15-17-19-24-30(37)34-27-22-21-23-29(32(39)35-28-26-33)36-31(38)25-20-18-16-14-12-10-8-6-4-2/h29H,3-28,33H2,1-2H3,(H,34,37)(H,35,39)(H,36,38). The molecule has 5 N–H and O–H groups in total. The Balaban J connectivity index is 4.00. The summed E-state index contributed by atoms with van der Waals surface area (Å²) in [6.45, 7) is 5.86. The summed E-state index contributed by atoms with van der Waals surface area (Å²) in [6.07, 6.45) is 25.3. The Morgan fingerprint density at radius 2 is 1.00 bits per heavy atom. The Kier molecular flexibility index (Phi) is 28.1. The van der Waals surface area contributed by atoms with Gasteiger partial charge in [0, 0.05) is 32.5 Å². The minimum absolute atomic E-state index is 0.0555. The predicted molar refractivity (Wildman–Crippen MR) is 165 cm³/mol. The van der Waals surface area contributed by atoms with E-state index in [1.165, 1.54) is 89.9 Å². The third-order valence-corrected chi connectivity index (χ3v) is 7.35. The van der Waals surface area contributed by atoms with Crippen LogP contribution in [0.5, 0.6) is 0 Å². The molecule has 39 heavy (non-hydrogen) atoms. The maximum absolute atomic E-state index is 12.5. The van der Waals surface area contributed by atoms with Crippen molar-refractivity contribution >= 4 is 17.7 Å². The quantitative estimate of drug-likeness (QED) is 0.0776. The predicted octanol–water partition coefficient (Wildman–Crippen LogP) is 6.67. The van der Waals surface area contributed by atoms with Crippen LogP contribution in [-0.4, -0.2) is 43.4 Å². The fraction of sp³-hybridized carbons (Fsp3) is 0.906. The number of carbonyl (C=O) groups excluding carboxylic acids is 3. The summed E-state index contributed by atoms with van der Waals surface area (Å²) in [4.78, 5) is 37.1. The summed E-state index contributed by atoms with van der Waals surface area (Å²) in [6, 6.07) is -0.541. The van der Waals surface area contributed by atoms with E-state index in [2.05, 4.69) is 29.8 Å². The van der Waals surface area contributed by atoms with Crippen LogP contribution < -0.4 is 21.7 Å². The summed E-state index contributed by atoms with van der Waals surface area (Å²) in [5, 5.41) is 8.73. The lowest BCUT2D eigenvalue weighted by Gasteiger charge is -2.18. The van der Waals surface area contributed by atoms with Crippen molar-refractivity contribution in [2.24, 2.45) is 5.73 Å². The van der Waals surface area contributed by atoms with Crippen molar-refractivity contribution in [2.75, 3.05) is 19.6 Å². The summed E-state index contributed by atoms with van der Waals surface area (Å²) >= 11 is 0. The van der Waals surface area contributed by atoms with Gasteiger partial charge in [-0.2, -0.15) is 0 Å². The average molecular weight is 553 g/mol. The Hall–Kier alpha value is -1.63. The Morgan fingerprint density at radius 3 is 1.49 bits per heavy atom. The Bertz CT molecular complexity index is 586. The molecule has 0 saturated heterocycles. The summed E-state index contributed by atoms with van der Waals surface area (Å²) in [5.41, 5.74) is 5.52. The number of carbonyl (C=O) groups is 3. The van der Waals surface area contributed by atoms with Gasteiger partial charge in [-0.25, -0.2) is 0 Å². The lowest BCUT2D eigenvalue weighted by Crippen LogP contribution is -2.47. The summed E-state index contributed by atoms with van der Waals surface area (Å²) in [7, 11) is 0. The van der Waals surface area contributed by atoms with E-state index in [0.717, 1.165) is 38.5 Å². The Labute approximate surface area is 241 Å². The molecule has 7 nitrogen and oxygen atoms in total. The molecule has 0 aliphatic rings. The molecular weight excluding hydrogens is 488 g/mol. The highest BCUT2D eigenvalue weighted by atomic mass is 16.2. The highest BCUT2D eigenvalue weighted by molar-refractivity contribution is 5.87. The van der Waals surface area contributed by atoms with Crippen LogP contribution >= 0.6 is 0 Å². The second-order valence-electron chi connectivity index (χ2n) is 11.2. The normalized spacial score (nSPS) is 11.8. The van der Waals surface area contributed by atoms with Gasteiger partial charge in [0.1, 0.15) is 6.04 Å². The number of nitrogens with two attached hydrogens (primary N) is 1. The first-order valence-electron chi connectivity index (χ1n) is 16.6. The number of hydrogen-bond acceptors (Lipinski definition) is 4. The van der Waals surface area contributed by atoms with Crippen LogP contribution in [0.3, 0.4) is 0 Å². The van der Waals surface area contributed by atoms with E-state index in [4.69, 9.17) is 5.73 Å². The molecule has 0 rings (SSSR count). The fourth-order valence-corrected chi connectivity index (χ4v) is 4.84. The molecule has 1 atom stereocenters. The second-order valence-corrected chi connectivity index (χ2v) is 11.2. The largest absolute Gasteiger partial charge is 0.356 e. The van der Waals surface area contributed by atoms with Crippen molar-refractivity contribution in [2.45, 2.75) is 168 Å². The molecule has 1 unspecified atom stereocenters. The molecule has 0 fully saturated rings. The van der Waals surface area contributed by atoms with Gasteiger partial charge in [-0.1, -0.05) is 117 Å². The number of hydrogen-bond donors (Lipinski definition) is 4. The van der Waals surface area contributed by atoms with Crippen molar-refractivity contribution in [1.82, 2.24) is 16.0 Å². The van der Waals surface area contributed by atoms with Crippen molar-refractivity contribution in [3.05, 3.63) is 0 Å². The maximum Gasteiger partial charge on any atom is 0.242 e. The lowest BCUT2D eigenvalue weighted by atomic mass is 10.1. The summed E-state index contributed by atoms with van der Waals surface area (Å²) < 4.78 is 0. The molecule has 0 aliphatic carbocycles. The molecular formula is C32H64N4O3. The third kappa shape index (κ3) is 26.4. The van der Waals surface area contributed by atoms with Crippen molar-refractivity contribution in [3.63, 3.8) is 0 Å². The van der Waals surface area contributed by atoms with Gasteiger partial charge >= 0.3 is 0 Å². The number of amides is 3. The third-order valence-electron chi connectivity index (χ3n) is 7.35. The van der Waals surface area contributed by atoms with E-state index in [-0.39, 0.29) is 17.7 Å². The van der Waals surface area contributed by atoms with Crippen LogP contribution in [0.25, 0.3) is 0 Å². The highest BCUT2D eigenvalue weighted by Crippen LogP contribution is 2.12. The average Bonchev–Trinajstić information content (AvgIpc) is 2.93. The van der Waals surface area contributed by atoms with E-state index in [9.17, 15) is 14.4 Å². The van der Waals surface area contributed by atoms with Crippen LogP contribution in [0.15, 0.2) is 0 Å². The number of rotatable bonds is 29. The molecule has 3 amide bonds. The molecule has 0 aliphatic heterocycles. The minimum atomic E-state index is -0.541. The first kappa shape index (κ1) is 37.4. The van der Waals surface area contributed by atoms with E-state index in [1.54, 1.807) is 0 Å². The first-order chi connectivity index (χ1) is 19.0. The van der Waals surface area contributed by atoms with E-state index in [0.29, 0.717) is 38.9 Å². The lowest BCUT2D eigenvalue weighted by molar-refractivity contribution is -0.129. The van der Waals surface area contributed by atoms with Gasteiger partial charge in [0.15, 0.2) is 0 Å². The van der Waals surface area contributed by atoms with Crippen LogP contribution in [0.4, 0.5) is 0 Å². The van der Waals surface area contributed by atoms with E-state index < -0.39 is 6.04 Å². The van der Waals surface area contributed by atoms with Crippen LogP contribution in [-0.2, 0) is 14.4 Å². The van der Waals surface area contributed by atoms with Crippen LogP contribution in [0.2, 0.25) is 0 Å². The molecule has 0 saturated carbocycles. The number of unbranched alkanes of at least 4 members (excludes halogenated alkanes) is 17.